The lowest BCUT2D eigenvalue weighted by atomic mass is 9.93. The van der Waals surface area contributed by atoms with Crippen LogP contribution >= 0.6 is 0 Å². The van der Waals surface area contributed by atoms with Gasteiger partial charge in [-0.05, 0) is 61.4 Å². The molecule has 10 heteroatoms. The highest BCUT2D eigenvalue weighted by atomic mass is 19.4. The largest absolute Gasteiger partial charge is 0.416 e. The van der Waals surface area contributed by atoms with Crippen LogP contribution in [0.15, 0.2) is 42.5 Å². The van der Waals surface area contributed by atoms with Crippen molar-refractivity contribution in [3.63, 3.8) is 0 Å². The van der Waals surface area contributed by atoms with Gasteiger partial charge in [-0.2, -0.15) is 28.1 Å². The summed E-state index contributed by atoms with van der Waals surface area (Å²) < 4.78 is 38.7. The number of piperidine rings is 1. The Hall–Kier alpha value is -3.69. The van der Waals surface area contributed by atoms with Crippen LogP contribution in [0.3, 0.4) is 0 Å². The van der Waals surface area contributed by atoms with Crippen LogP contribution < -0.4 is 15.5 Å². The Morgan fingerprint density at radius 3 is 2.35 bits per heavy atom. The van der Waals surface area contributed by atoms with Gasteiger partial charge in [0.2, 0.25) is 17.8 Å². The first kappa shape index (κ1) is 26.4. The van der Waals surface area contributed by atoms with Gasteiger partial charge in [-0.25, -0.2) is 0 Å². The number of anilines is 2. The average molecular weight is 513 g/mol. The molecule has 1 saturated heterocycles. The number of hydrogen-bond donors (Lipinski definition) is 2. The fraction of sp³-hybridized carbons (Fsp3) is 0.407. The molecule has 1 aromatic heterocycles. The van der Waals surface area contributed by atoms with E-state index < -0.39 is 11.7 Å². The fourth-order valence-electron chi connectivity index (χ4n) is 4.63. The zero-order valence-electron chi connectivity index (χ0n) is 21.2. The van der Waals surface area contributed by atoms with Gasteiger partial charge in [0.05, 0.1) is 5.56 Å². The van der Waals surface area contributed by atoms with E-state index in [0.717, 1.165) is 41.7 Å². The SMILES string of the molecule is CNc1nc(-c2c(C)cccc2C)nc(N2CCC(CC(=O)NCc3cccc(C(F)(F)F)c3)CC2)n1. The topological polar surface area (TPSA) is 83.0 Å². The van der Waals surface area contributed by atoms with E-state index in [1.807, 2.05) is 32.0 Å². The van der Waals surface area contributed by atoms with E-state index in [-0.39, 0.29) is 18.4 Å². The van der Waals surface area contributed by atoms with E-state index in [1.165, 1.54) is 6.07 Å². The molecule has 1 fully saturated rings. The predicted molar refractivity (Wildman–Crippen MR) is 137 cm³/mol. The minimum atomic E-state index is -4.40. The molecule has 0 saturated carbocycles. The quantitative estimate of drug-likeness (QED) is 0.456. The lowest BCUT2D eigenvalue weighted by molar-refractivity contribution is -0.137. The first-order valence-electron chi connectivity index (χ1n) is 12.3. The molecular formula is C27H31F3N6O. The summed E-state index contributed by atoms with van der Waals surface area (Å²) in [5.41, 5.74) is 2.89. The standard InChI is InChI=1S/C27H31F3N6O/c1-17-6-4-7-18(2)23(17)24-33-25(31-3)35-26(34-24)36-12-10-19(11-13-36)15-22(37)32-16-20-8-5-9-21(14-20)27(28,29)30/h4-9,14,19H,10-13,15-16H2,1-3H3,(H,32,37)(H,31,33,34,35). The molecule has 3 aromatic rings. The number of aryl methyl sites for hydroxylation is 2. The number of nitrogens with one attached hydrogen (secondary N) is 2. The number of amides is 1. The van der Waals surface area contributed by atoms with E-state index in [2.05, 4.69) is 25.5 Å². The third-order valence-electron chi connectivity index (χ3n) is 6.67. The van der Waals surface area contributed by atoms with Crippen LogP contribution in [-0.4, -0.2) is 41.0 Å². The van der Waals surface area contributed by atoms with Gasteiger partial charge in [-0.3, -0.25) is 4.79 Å². The Morgan fingerprint density at radius 1 is 1.03 bits per heavy atom. The highest BCUT2D eigenvalue weighted by Gasteiger charge is 2.30. The lowest BCUT2D eigenvalue weighted by Crippen LogP contribution is -2.37. The molecule has 0 spiro atoms. The summed E-state index contributed by atoms with van der Waals surface area (Å²) in [7, 11) is 1.78. The van der Waals surface area contributed by atoms with Crippen LogP contribution in [0.4, 0.5) is 25.1 Å². The molecule has 1 amide bonds. The second-order valence-corrected chi connectivity index (χ2v) is 9.41. The van der Waals surface area contributed by atoms with E-state index in [1.54, 1.807) is 13.1 Å². The predicted octanol–water partition coefficient (Wildman–Crippen LogP) is 5.14. The van der Waals surface area contributed by atoms with Crippen molar-refractivity contribution in [3.8, 4) is 11.4 Å². The van der Waals surface area contributed by atoms with Crippen molar-refractivity contribution >= 4 is 17.8 Å². The molecule has 37 heavy (non-hydrogen) atoms. The van der Waals surface area contributed by atoms with Crippen LogP contribution in [0.1, 0.15) is 41.5 Å². The number of aromatic nitrogens is 3. The summed E-state index contributed by atoms with van der Waals surface area (Å²) in [6.07, 6.45) is -2.49. The van der Waals surface area contributed by atoms with Crippen molar-refractivity contribution in [2.75, 3.05) is 30.4 Å². The third kappa shape index (κ3) is 6.55. The molecule has 0 bridgehead atoms. The number of carbonyl (C=O) groups is 1. The van der Waals surface area contributed by atoms with Gasteiger partial charge >= 0.3 is 6.18 Å². The van der Waals surface area contributed by atoms with E-state index in [4.69, 9.17) is 4.98 Å². The molecule has 196 valence electrons. The van der Waals surface area contributed by atoms with Crippen molar-refractivity contribution < 1.29 is 18.0 Å². The van der Waals surface area contributed by atoms with Crippen LogP contribution in [0, 0.1) is 19.8 Å². The highest BCUT2D eigenvalue weighted by molar-refractivity contribution is 5.76. The Bertz CT molecular complexity index is 1230. The summed E-state index contributed by atoms with van der Waals surface area (Å²) in [5.74, 6) is 1.75. The van der Waals surface area contributed by atoms with Gasteiger partial charge in [0.1, 0.15) is 0 Å². The Labute approximate surface area is 214 Å². The molecule has 0 aliphatic carbocycles. The first-order valence-corrected chi connectivity index (χ1v) is 12.3. The van der Waals surface area contributed by atoms with Gasteiger partial charge in [0, 0.05) is 38.7 Å². The number of benzene rings is 2. The van der Waals surface area contributed by atoms with E-state index in [0.29, 0.717) is 42.8 Å². The summed E-state index contributed by atoms with van der Waals surface area (Å²) in [6.45, 7) is 5.54. The van der Waals surface area contributed by atoms with Gasteiger partial charge < -0.3 is 15.5 Å². The Balaban J connectivity index is 1.35. The molecule has 4 rings (SSSR count). The molecule has 0 unspecified atom stereocenters. The monoisotopic (exact) mass is 512 g/mol. The van der Waals surface area contributed by atoms with Gasteiger partial charge in [-0.15, -0.1) is 0 Å². The van der Waals surface area contributed by atoms with Gasteiger partial charge in [0.15, 0.2) is 5.82 Å². The molecule has 2 N–H and O–H groups in total. The average Bonchev–Trinajstić information content (AvgIpc) is 2.87. The summed E-state index contributed by atoms with van der Waals surface area (Å²) in [6, 6.07) is 11.1. The third-order valence-corrected chi connectivity index (χ3v) is 6.67. The first-order chi connectivity index (χ1) is 17.6. The number of halogens is 3. The molecule has 1 aliphatic rings. The van der Waals surface area contributed by atoms with Crippen LogP contribution in [0.25, 0.3) is 11.4 Å². The minimum Gasteiger partial charge on any atom is -0.357 e. The molecule has 1 aliphatic heterocycles. The number of carbonyl (C=O) groups excluding carboxylic acids is 1. The molecule has 0 radical (unpaired) electrons. The number of nitrogens with zero attached hydrogens (tertiary/aromatic N) is 4. The second-order valence-electron chi connectivity index (χ2n) is 9.41. The van der Waals surface area contributed by atoms with E-state index in [9.17, 15) is 18.0 Å². The summed E-state index contributed by atoms with van der Waals surface area (Å²) >= 11 is 0. The van der Waals surface area contributed by atoms with Crippen LogP contribution in [0.5, 0.6) is 0 Å². The molecular weight excluding hydrogens is 481 g/mol. The zero-order valence-corrected chi connectivity index (χ0v) is 21.2. The van der Waals surface area contributed by atoms with Crippen LogP contribution in [0.2, 0.25) is 0 Å². The van der Waals surface area contributed by atoms with Gasteiger partial charge in [0.25, 0.3) is 0 Å². The molecule has 7 nitrogen and oxygen atoms in total. The van der Waals surface area contributed by atoms with Crippen molar-refractivity contribution in [1.82, 2.24) is 20.3 Å². The Kier molecular flexibility index (Phi) is 7.94. The number of rotatable bonds is 7. The molecule has 2 aromatic carbocycles. The maximum absolute atomic E-state index is 12.9. The van der Waals surface area contributed by atoms with Crippen molar-refractivity contribution in [2.45, 2.75) is 45.8 Å². The fourth-order valence-corrected chi connectivity index (χ4v) is 4.63. The van der Waals surface area contributed by atoms with Crippen LogP contribution in [-0.2, 0) is 17.5 Å². The molecule has 2 heterocycles. The maximum Gasteiger partial charge on any atom is 0.416 e. The number of alkyl halides is 3. The van der Waals surface area contributed by atoms with Crippen molar-refractivity contribution in [1.29, 1.82) is 0 Å². The number of hydrogen-bond acceptors (Lipinski definition) is 6. The van der Waals surface area contributed by atoms with Crippen molar-refractivity contribution in [2.24, 2.45) is 5.92 Å². The normalized spacial score (nSPS) is 14.5. The minimum absolute atomic E-state index is 0.0698. The zero-order chi connectivity index (χ0) is 26.6. The van der Waals surface area contributed by atoms with Gasteiger partial charge in [-0.1, -0.05) is 30.3 Å². The molecule has 0 atom stereocenters. The second kappa shape index (κ2) is 11.1. The smallest absolute Gasteiger partial charge is 0.357 e. The maximum atomic E-state index is 12.9. The summed E-state index contributed by atoms with van der Waals surface area (Å²) in [4.78, 5) is 28.5. The van der Waals surface area contributed by atoms with Crippen molar-refractivity contribution in [3.05, 3.63) is 64.7 Å². The summed E-state index contributed by atoms with van der Waals surface area (Å²) in [5, 5.41) is 5.78. The highest BCUT2D eigenvalue weighted by Crippen LogP contribution is 2.30. The Morgan fingerprint density at radius 2 is 1.70 bits per heavy atom. The lowest BCUT2D eigenvalue weighted by Gasteiger charge is -2.32. The van der Waals surface area contributed by atoms with E-state index >= 15 is 0 Å².